The van der Waals surface area contributed by atoms with Gasteiger partial charge >= 0.3 is 0 Å². The first-order valence-corrected chi connectivity index (χ1v) is 12.2. The number of amides is 1. The van der Waals surface area contributed by atoms with Gasteiger partial charge in [0.25, 0.3) is 11.8 Å². The van der Waals surface area contributed by atoms with E-state index < -0.39 is 23.5 Å². The van der Waals surface area contributed by atoms with Crippen LogP contribution in [0.5, 0.6) is 11.6 Å². The fraction of sp³-hybridized carbons (Fsp3) is 0.207. The van der Waals surface area contributed by atoms with Crippen molar-refractivity contribution in [1.82, 2.24) is 15.4 Å². The number of anilines is 1. The van der Waals surface area contributed by atoms with Gasteiger partial charge in [0, 0.05) is 11.6 Å². The third-order valence-electron chi connectivity index (χ3n) is 6.35. The van der Waals surface area contributed by atoms with Gasteiger partial charge in [-0.1, -0.05) is 50.2 Å². The predicted molar refractivity (Wildman–Crippen MR) is 139 cm³/mol. The molecule has 1 amide bonds. The third kappa shape index (κ3) is 4.66. The van der Waals surface area contributed by atoms with Gasteiger partial charge in [-0.25, -0.2) is 0 Å². The summed E-state index contributed by atoms with van der Waals surface area (Å²) in [5, 5.41) is 23.0. The number of carbonyl (C=O) groups excluding carboxylic acids is 2. The second-order valence-electron chi connectivity index (χ2n) is 9.43. The number of hydrogen-bond acceptors (Lipinski definition) is 8. The van der Waals surface area contributed by atoms with Gasteiger partial charge in [-0.15, -0.1) is 5.10 Å². The van der Waals surface area contributed by atoms with E-state index >= 15 is 0 Å². The van der Waals surface area contributed by atoms with Crippen molar-refractivity contribution in [2.45, 2.75) is 39.7 Å². The first kappa shape index (κ1) is 24.9. The van der Waals surface area contributed by atoms with Crippen LogP contribution in [-0.2, 0) is 4.79 Å². The summed E-state index contributed by atoms with van der Waals surface area (Å²) in [6.45, 7) is 7.67. The number of ether oxygens (including phenoxy) is 1. The van der Waals surface area contributed by atoms with E-state index in [1.807, 2.05) is 12.1 Å². The fourth-order valence-electron chi connectivity index (χ4n) is 4.31. The van der Waals surface area contributed by atoms with Crippen LogP contribution < -0.4 is 9.64 Å². The van der Waals surface area contributed by atoms with Crippen molar-refractivity contribution >= 4 is 17.5 Å². The Morgan fingerprint density at radius 2 is 1.71 bits per heavy atom. The van der Waals surface area contributed by atoms with Crippen LogP contribution in [0.1, 0.15) is 58.7 Å². The number of benzene rings is 2. The molecule has 1 N–H and O–H groups in total. The summed E-state index contributed by atoms with van der Waals surface area (Å²) in [5.74, 6) is 0.124. The van der Waals surface area contributed by atoms with Crippen LogP contribution in [-0.4, -0.2) is 32.2 Å². The number of rotatable bonds is 7. The molecule has 0 bridgehead atoms. The van der Waals surface area contributed by atoms with E-state index in [0.29, 0.717) is 40.1 Å². The van der Waals surface area contributed by atoms with Gasteiger partial charge in [0.1, 0.15) is 11.5 Å². The number of Topliss-reactive ketones (excluding diaryl/α,β-unsaturated/α-hetero) is 1. The van der Waals surface area contributed by atoms with Crippen LogP contribution >= 0.6 is 0 Å². The summed E-state index contributed by atoms with van der Waals surface area (Å²) in [7, 11) is 0. The lowest BCUT2D eigenvalue weighted by molar-refractivity contribution is -0.117. The number of aryl methyl sites for hydroxylation is 2. The lowest BCUT2D eigenvalue weighted by atomic mass is 9.91. The molecule has 0 saturated carbocycles. The van der Waals surface area contributed by atoms with Crippen LogP contribution in [0.4, 0.5) is 5.82 Å². The van der Waals surface area contributed by atoms with E-state index in [9.17, 15) is 14.7 Å². The molecule has 1 aliphatic heterocycles. The Kier molecular flexibility index (Phi) is 6.50. The zero-order valence-corrected chi connectivity index (χ0v) is 21.4. The summed E-state index contributed by atoms with van der Waals surface area (Å²) in [6, 6.07) is 18.1. The molecular formula is C29H26N4O5. The van der Waals surface area contributed by atoms with E-state index in [1.54, 1.807) is 68.4 Å². The Morgan fingerprint density at radius 1 is 1.00 bits per heavy atom. The molecule has 192 valence electrons. The first-order valence-electron chi connectivity index (χ1n) is 12.2. The van der Waals surface area contributed by atoms with Crippen molar-refractivity contribution in [3.8, 4) is 11.6 Å². The summed E-state index contributed by atoms with van der Waals surface area (Å²) in [6.07, 6.45) is 0. The number of hydrogen-bond donors (Lipinski definition) is 1. The molecule has 2 aromatic carbocycles. The molecule has 4 aromatic rings. The van der Waals surface area contributed by atoms with Crippen LogP contribution in [0.15, 0.2) is 82.6 Å². The molecule has 2 aromatic heterocycles. The van der Waals surface area contributed by atoms with E-state index in [-0.39, 0.29) is 11.4 Å². The number of ketones is 1. The molecule has 0 aliphatic carbocycles. The van der Waals surface area contributed by atoms with Crippen LogP contribution in [0.25, 0.3) is 0 Å². The van der Waals surface area contributed by atoms with Crippen molar-refractivity contribution in [2.75, 3.05) is 4.90 Å². The number of nitrogens with zero attached hydrogens (tertiary/aromatic N) is 4. The molecule has 1 aliphatic rings. The second kappa shape index (κ2) is 9.93. The van der Waals surface area contributed by atoms with Gasteiger partial charge in [-0.3, -0.25) is 14.5 Å². The maximum atomic E-state index is 13.7. The lowest BCUT2D eigenvalue weighted by Gasteiger charge is -2.25. The molecule has 0 saturated heterocycles. The molecule has 9 heteroatoms. The van der Waals surface area contributed by atoms with Gasteiger partial charge in [-0.05, 0) is 60.3 Å². The third-order valence-corrected chi connectivity index (χ3v) is 6.35. The molecule has 3 heterocycles. The van der Waals surface area contributed by atoms with E-state index in [4.69, 9.17) is 9.26 Å². The zero-order chi connectivity index (χ0) is 27.0. The molecule has 0 radical (unpaired) electrons. The Labute approximate surface area is 219 Å². The Bertz CT molecular complexity index is 1520. The largest absolute Gasteiger partial charge is 0.503 e. The lowest BCUT2D eigenvalue weighted by Crippen LogP contribution is -2.32. The minimum Gasteiger partial charge on any atom is -0.503 e. The maximum Gasteiger partial charge on any atom is 0.295 e. The average Bonchev–Trinajstić information content (AvgIpc) is 3.44. The second-order valence-corrected chi connectivity index (χ2v) is 9.43. The van der Waals surface area contributed by atoms with Crippen LogP contribution in [0.3, 0.4) is 0 Å². The standard InChI is InChI=1S/C29H26N4O5/c1-16(2)19-6-8-21(9-7-19)27(34)25-26(33(29(36)28(25)35)23-14-5-17(3)30-31-23)20-10-12-22(13-11-20)37-24-15-18(4)38-32-24/h5-16,26,35H,1-4H3. The van der Waals surface area contributed by atoms with Gasteiger partial charge in [0.05, 0.1) is 17.3 Å². The summed E-state index contributed by atoms with van der Waals surface area (Å²) in [4.78, 5) is 28.3. The fourth-order valence-corrected chi connectivity index (χ4v) is 4.31. The monoisotopic (exact) mass is 510 g/mol. The number of aliphatic hydroxyl groups excluding tert-OH is 1. The summed E-state index contributed by atoms with van der Waals surface area (Å²) >= 11 is 0. The summed E-state index contributed by atoms with van der Waals surface area (Å²) < 4.78 is 10.8. The Balaban J connectivity index is 1.55. The highest BCUT2D eigenvalue weighted by molar-refractivity contribution is 6.20. The van der Waals surface area contributed by atoms with Crippen molar-refractivity contribution in [3.05, 3.63) is 106 Å². The van der Waals surface area contributed by atoms with Crippen molar-refractivity contribution < 1.29 is 24.0 Å². The molecule has 9 nitrogen and oxygen atoms in total. The minimum absolute atomic E-state index is 0.0320. The van der Waals surface area contributed by atoms with Gasteiger partial charge in [0.2, 0.25) is 0 Å². The smallest absolute Gasteiger partial charge is 0.295 e. The number of aliphatic hydroxyl groups is 1. The van der Waals surface area contributed by atoms with Crippen LogP contribution in [0, 0.1) is 13.8 Å². The van der Waals surface area contributed by atoms with E-state index in [2.05, 4.69) is 29.2 Å². The van der Waals surface area contributed by atoms with Gasteiger partial charge in [-0.2, -0.15) is 5.10 Å². The molecule has 1 unspecified atom stereocenters. The van der Waals surface area contributed by atoms with Crippen molar-refractivity contribution in [2.24, 2.45) is 0 Å². The highest BCUT2D eigenvalue weighted by atomic mass is 16.5. The van der Waals surface area contributed by atoms with Crippen molar-refractivity contribution in [1.29, 1.82) is 0 Å². The first-order chi connectivity index (χ1) is 18.2. The highest BCUT2D eigenvalue weighted by Crippen LogP contribution is 2.41. The number of aromatic nitrogens is 3. The zero-order valence-electron chi connectivity index (χ0n) is 21.4. The maximum absolute atomic E-state index is 13.7. The normalized spacial score (nSPS) is 15.4. The Hall–Kier alpha value is -4.79. The molecule has 0 fully saturated rings. The molecule has 5 rings (SSSR count). The summed E-state index contributed by atoms with van der Waals surface area (Å²) in [5.41, 5.74) is 2.66. The topological polar surface area (TPSA) is 119 Å². The van der Waals surface area contributed by atoms with Crippen LogP contribution in [0.2, 0.25) is 0 Å². The average molecular weight is 511 g/mol. The molecule has 0 spiro atoms. The molecule has 1 atom stereocenters. The van der Waals surface area contributed by atoms with Gasteiger partial charge < -0.3 is 14.4 Å². The minimum atomic E-state index is -0.930. The highest BCUT2D eigenvalue weighted by Gasteiger charge is 2.45. The van der Waals surface area contributed by atoms with E-state index in [0.717, 1.165) is 5.56 Å². The quantitative estimate of drug-likeness (QED) is 0.311. The van der Waals surface area contributed by atoms with E-state index in [1.165, 1.54) is 4.90 Å². The molecular weight excluding hydrogens is 484 g/mol. The molecule has 38 heavy (non-hydrogen) atoms. The SMILES string of the molecule is Cc1ccc(N2C(=O)C(O)=C(C(=O)c3ccc(C(C)C)cc3)C2c2ccc(Oc3cc(C)on3)cc2)nn1. The number of carbonyl (C=O) groups is 2. The van der Waals surface area contributed by atoms with Gasteiger partial charge in [0.15, 0.2) is 17.4 Å². The predicted octanol–water partition coefficient (Wildman–Crippen LogP) is 5.78. The van der Waals surface area contributed by atoms with Crippen molar-refractivity contribution in [3.63, 3.8) is 0 Å². The Morgan fingerprint density at radius 3 is 2.29 bits per heavy atom.